The predicted octanol–water partition coefficient (Wildman–Crippen LogP) is 3.80. The summed E-state index contributed by atoms with van der Waals surface area (Å²) in [5, 5.41) is 0. The molecule has 8 heteroatoms. The van der Waals surface area contributed by atoms with Crippen LogP contribution >= 0.6 is 0 Å². The Bertz CT molecular complexity index is 1140. The van der Waals surface area contributed by atoms with Crippen molar-refractivity contribution in [2.45, 2.75) is 11.7 Å². The van der Waals surface area contributed by atoms with Gasteiger partial charge in [-0.05, 0) is 52.6 Å². The summed E-state index contributed by atoms with van der Waals surface area (Å²) in [5.74, 6) is -0.298. The Hall–Kier alpha value is -3.68. The minimum atomic E-state index is -4.45. The second kappa shape index (κ2) is 6.98. The molecule has 30 heavy (non-hydrogen) atoms. The molecule has 4 rings (SSSR count). The lowest BCUT2D eigenvalue weighted by molar-refractivity contribution is -0.137. The van der Waals surface area contributed by atoms with Crippen molar-refractivity contribution >= 4 is 11.9 Å². The van der Waals surface area contributed by atoms with E-state index in [1.54, 1.807) is 54.9 Å². The van der Waals surface area contributed by atoms with Crippen molar-refractivity contribution in [3.8, 4) is 11.1 Å². The minimum Gasteiger partial charge on any atom is -0.369 e. The number of likely N-dealkylation sites (N-methyl/N-ethyl adjacent to an activating group) is 1. The molecule has 0 fully saturated rings. The average molecular weight is 410 g/mol. The van der Waals surface area contributed by atoms with Crippen LogP contribution in [0.25, 0.3) is 11.1 Å². The molecule has 0 saturated heterocycles. The van der Waals surface area contributed by atoms with E-state index >= 15 is 0 Å². The maximum atomic E-state index is 13.2. The summed E-state index contributed by atoms with van der Waals surface area (Å²) in [4.78, 5) is 23.0. The van der Waals surface area contributed by atoms with Gasteiger partial charge in [-0.1, -0.05) is 30.3 Å². The van der Waals surface area contributed by atoms with Gasteiger partial charge in [-0.25, -0.2) is 4.99 Å². The van der Waals surface area contributed by atoms with Crippen molar-refractivity contribution in [3.05, 3.63) is 89.7 Å². The van der Waals surface area contributed by atoms with Gasteiger partial charge in [0.25, 0.3) is 5.91 Å². The highest BCUT2D eigenvalue weighted by atomic mass is 19.4. The molecule has 1 aromatic heterocycles. The van der Waals surface area contributed by atoms with Crippen LogP contribution in [0, 0.1) is 0 Å². The third-order valence-electron chi connectivity index (χ3n) is 5.14. The highest BCUT2D eigenvalue weighted by molar-refractivity contribution is 6.09. The number of halogens is 3. The van der Waals surface area contributed by atoms with Crippen LogP contribution in [-0.2, 0) is 16.5 Å². The number of hydrogen-bond donors (Lipinski definition) is 1. The Morgan fingerprint density at radius 2 is 1.57 bits per heavy atom. The molecule has 3 aromatic rings. The first-order valence-electron chi connectivity index (χ1n) is 9.05. The lowest BCUT2D eigenvalue weighted by atomic mass is 9.82. The summed E-state index contributed by atoms with van der Waals surface area (Å²) < 4.78 is 39.4. The molecule has 0 bridgehead atoms. The number of aliphatic imine (C=N–C) groups is 1. The zero-order valence-corrected chi connectivity index (χ0v) is 15.9. The first kappa shape index (κ1) is 19.6. The summed E-state index contributed by atoms with van der Waals surface area (Å²) in [6.07, 6.45) is -1.36. The molecular weight excluding hydrogens is 393 g/mol. The number of benzene rings is 2. The number of aromatic nitrogens is 1. The molecule has 1 unspecified atom stereocenters. The Labute approximate surface area is 170 Å². The number of nitrogens with zero attached hydrogens (tertiary/aromatic N) is 3. The van der Waals surface area contributed by atoms with Crippen LogP contribution < -0.4 is 5.73 Å². The zero-order valence-electron chi connectivity index (χ0n) is 15.9. The summed E-state index contributed by atoms with van der Waals surface area (Å²) in [5.41, 5.74) is 5.76. The van der Waals surface area contributed by atoms with Crippen LogP contribution in [0.1, 0.15) is 16.7 Å². The molecule has 2 aromatic carbocycles. The third kappa shape index (κ3) is 3.10. The largest absolute Gasteiger partial charge is 0.416 e. The molecule has 0 saturated carbocycles. The maximum Gasteiger partial charge on any atom is 0.416 e. The van der Waals surface area contributed by atoms with E-state index in [1.807, 2.05) is 0 Å². The average Bonchev–Trinajstić information content (AvgIpc) is 2.99. The highest BCUT2D eigenvalue weighted by Gasteiger charge is 2.49. The molecule has 2 heterocycles. The lowest BCUT2D eigenvalue weighted by Gasteiger charge is -2.26. The van der Waals surface area contributed by atoms with Crippen molar-refractivity contribution in [1.29, 1.82) is 0 Å². The van der Waals surface area contributed by atoms with Gasteiger partial charge in [0.1, 0.15) is 0 Å². The van der Waals surface area contributed by atoms with Crippen molar-refractivity contribution in [2.24, 2.45) is 10.7 Å². The van der Waals surface area contributed by atoms with Crippen molar-refractivity contribution in [2.75, 3.05) is 7.05 Å². The first-order valence-corrected chi connectivity index (χ1v) is 9.05. The Balaban J connectivity index is 1.89. The Morgan fingerprint density at radius 1 is 0.933 bits per heavy atom. The Morgan fingerprint density at radius 3 is 2.17 bits per heavy atom. The topological polar surface area (TPSA) is 71.6 Å². The van der Waals surface area contributed by atoms with Crippen molar-refractivity contribution in [1.82, 2.24) is 9.88 Å². The van der Waals surface area contributed by atoms with E-state index in [-0.39, 0.29) is 11.9 Å². The summed E-state index contributed by atoms with van der Waals surface area (Å²) in [7, 11) is 1.53. The van der Waals surface area contributed by atoms with E-state index in [1.165, 1.54) is 18.0 Å². The number of carbonyl (C=O) groups excluding carboxylic acids is 1. The van der Waals surface area contributed by atoms with Crippen molar-refractivity contribution < 1.29 is 18.0 Å². The molecule has 1 aliphatic rings. The molecule has 1 amide bonds. The molecule has 1 aliphatic heterocycles. The Kier molecular flexibility index (Phi) is 4.57. The summed E-state index contributed by atoms with van der Waals surface area (Å²) >= 11 is 0. The number of guanidine groups is 1. The summed E-state index contributed by atoms with van der Waals surface area (Å²) in [6.45, 7) is 0. The molecule has 152 valence electrons. The fraction of sp³-hybridized carbons (Fsp3) is 0.136. The SMILES string of the molecule is CN1C(=O)C(c2ccncc2)(c2cccc(-c3cccc(C(F)(F)F)c3)c2)N=C1N. The van der Waals surface area contributed by atoms with Crippen LogP contribution in [0.5, 0.6) is 0 Å². The van der Waals surface area contributed by atoms with Crippen LogP contribution in [0.2, 0.25) is 0 Å². The normalized spacial score (nSPS) is 19.1. The van der Waals surface area contributed by atoms with E-state index in [0.29, 0.717) is 22.3 Å². The van der Waals surface area contributed by atoms with E-state index in [4.69, 9.17) is 5.73 Å². The smallest absolute Gasteiger partial charge is 0.369 e. The van der Waals surface area contributed by atoms with Gasteiger partial charge in [0, 0.05) is 19.4 Å². The molecule has 1 atom stereocenters. The van der Waals surface area contributed by atoms with Gasteiger partial charge in [0.15, 0.2) is 11.5 Å². The quantitative estimate of drug-likeness (QED) is 0.714. The number of amides is 1. The number of pyridine rings is 1. The first-order chi connectivity index (χ1) is 14.2. The number of nitrogens with two attached hydrogens (primary N) is 1. The number of hydrogen-bond acceptors (Lipinski definition) is 4. The van der Waals surface area contributed by atoms with Gasteiger partial charge in [0.05, 0.1) is 5.56 Å². The van der Waals surface area contributed by atoms with E-state index in [2.05, 4.69) is 9.98 Å². The van der Waals surface area contributed by atoms with Gasteiger partial charge in [0.2, 0.25) is 0 Å². The second-order valence-electron chi connectivity index (χ2n) is 6.94. The molecule has 0 spiro atoms. The molecule has 2 N–H and O–H groups in total. The summed E-state index contributed by atoms with van der Waals surface area (Å²) in [6, 6.07) is 15.2. The fourth-order valence-corrected chi connectivity index (χ4v) is 3.58. The fourth-order valence-electron chi connectivity index (χ4n) is 3.58. The van der Waals surface area contributed by atoms with Gasteiger partial charge in [-0.2, -0.15) is 13.2 Å². The molecule has 5 nitrogen and oxygen atoms in total. The van der Waals surface area contributed by atoms with E-state index < -0.39 is 17.3 Å². The van der Waals surface area contributed by atoms with Gasteiger partial charge in [-0.15, -0.1) is 0 Å². The number of rotatable bonds is 3. The van der Waals surface area contributed by atoms with Gasteiger partial charge in [-0.3, -0.25) is 14.7 Å². The van der Waals surface area contributed by atoms with E-state index in [9.17, 15) is 18.0 Å². The predicted molar refractivity (Wildman–Crippen MR) is 106 cm³/mol. The van der Waals surface area contributed by atoms with Crippen molar-refractivity contribution in [3.63, 3.8) is 0 Å². The van der Waals surface area contributed by atoms with Crippen LogP contribution in [0.4, 0.5) is 13.2 Å². The van der Waals surface area contributed by atoms with Crippen LogP contribution in [-0.4, -0.2) is 28.8 Å². The number of carbonyl (C=O) groups is 1. The van der Waals surface area contributed by atoms with Crippen LogP contribution in [0.3, 0.4) is 0 Å². The minimum absolute atomic E-state index is 0.0567. The lowest BCUT2D eigenvalue weighted by Crippen LogP contribution is -2.41. The standard InChI is InChI=1S/C22H17F3N4O/c1-29-19(30)21(28-20(29)26,16-8-10-27-11-9-16)17-6-2-4-14(12-17)15-5-3-7-18(13-15)22(23,24)25/h2-13H,1H3,(H2,26,28). The third-order valence-corrected chi connectivity index (χ3v) is 5.14. The number of alkyl halides is 3. The highest BCUT2D eigenvalue weighted by Crippen LogP contribution is 2.40. The molecular formula is C22H17F3N4O. The second-order valence-corrected chi connectivity index (χ2v) is 6.94. The zero-order chi connectivity index (χ0) is 21.5. The van der Waals surface area contributed by atoms with Gasteiger partial charge < -0.3 is 5.73 Å². The van der Waals surface area contributed by atoms with Crippen LogP contribution in [0.15, 0.2) is 78.0 Å². The maximum absolute atomic E-state index is 13.2. The monoisotopic (exact) mass is 410 g/mol. The van der Waals surface area contributed by atoms with E-state index in [0.717, 1.165) is 12.1 Å². The van der Waals surface area contributed by atoms with Gasteiger partial charge >= 0.3 is 6.18 Å². The molecule has 0 aliphatic carbocycles. The molecule has 0 radical (unpaired) electrons.